The summed E-state index contributed by atoms with van der Waals surface area (Å²) in [7, 11) is 0. The van der Waals surface area contributed by atoms with E-state index in [4.69, 9.17) is 5.73 Å². The highest BCUT2D eigenvalue weighted by Gasteiger charge is 2.05. The molecule has 0 aromatic heterocycles. The van der Waals surface area contributed by atoms with E-state index in [1.807, 2.05) is 0 Å². The summed E-state index contributed by atoms with van der Waals surface area (Å²) in [5.41, 5.74) is 5.67. The number of nitrogens with one attached hydrogen (secondary N) is 1. The van der Waals surface area contributed by atoms with Gasteiger partial charge in [0.25, 0.3) is 0 Å². The Morgan fingerprint density at radius 3 is 2.38 bits per heavy atom. The Bertz CT molecular complexity index is 104. The first-order valence-electron chi connectivity index (χ1n) is 5.65. The van der Waals surface area contributed by atoms with Gasteiger partial charge in [-0.3, -0.25) is 0 Å². The Balaban J connectivity index is 3.37. The summed E-state index contributed by atoms with van der Waals surface area (Å²) >= 11 is 0. The van der Waals surface area contributed by atoms with Crippen molar-refractivity contribution in [3.63, 3.8) is 0 Å². The maximum atomic E-state index is 5.67. The van der Waals surface area contributed by atoms with E-state index in [0.29, 0.717) is 5.92 Å². The summed E-state index contributed by atoms with van der Waals surface area (Å²) in [4.78, 5) is 0. The van der Waals surface area contributed by atoms with Gasteiger partial charge in [-0.05, 0) is 37.9 Å². The first kappa shape index (κ1) is 12.9. The molecule has 0 aromatic carbocycles. The molecule has 2 atom stereocenters. The van der Waals surface area contributed by atoms with Crippen LogP contribution in [0.4, 0.5) is 0 Å². The second-order valence-corrected chi connectivity index (χ2v) is 4.06. The van der Waals surface area contributed by atoms with Gasteiger partial charge in [-0.1, -0.05) is 33.6 Å². The zero-order chi connectivity index (χ0) is 10.1. The fourth-order valence-electron chi connectivity index (χ4n) is 1.39. The van der Waals surface area contributed by atoms with E-state index in [9.17, 15) is 0 Å². The summed E-state index contributed by atoms with van der Waals surface area (Å²) in [5, 5.41) is 3.49. The summed E-state index contributed by atoms with van der Waals surface area (Å²) in [6.45, 7) is 9.78. The quantitative estimate of drug-likeness (QED) is 0.608. The van der Waals surface area contributed by atoms with Gasteiger partial charge in [-0.2, -0.15) is 0 Å². The van der Waals surface area contributed by atoms with Crippen LogP contribution in [-0.4, -0.2) is 19.6 Å². The molecule has 0 aliphatic carbocycles. The van der Waals surface area contributed by atoms with Crippen molar-refractivity contribution in [2.24, 2.45) is 17.6 Å². The third kappa shape index (κ3) is 7.03. The number of hydrogen-bond donors (Lipinski definition) is 2. The van der Waals surface area contributed by atoms with Crippen LogP contribution in [-0.2, 0) is 0 Å². The Hall–Kier alpha value is -0.0800. The molecule has 0 aliphatic heterocycles. The molecule has 2 heteroatoms. The van der Waals surface area contributed by atoms with E-state index in [2.05, 4.69) is 26.1 Å². The molecule has 0 bridgehead atoms. The van der Waals surface area contributed by atoms with Crippen molar-refractivity contribution >= 4 is 0 Å². The van der Waals surface area contributed by atoms with Crippen molar-refractivity contribution in [1.82, 2.24) is 5.32 Å². The minimum atomic E-state index is 0.675. The van der Waals surface area contributed by atoms with Crippen molar-refractivity contribution in [1.29, 1.82) is 0 Å². The molecule has 0 fully saturated rings. The summed E-state index contributed by atoms with van der Waals surface area (Å²) < 4.78 is 0. The van der Waals surface area contributed by atoms with Crippen molar-refractivity contribution < 1.29 is 0 Å². The topological polar surface area (TPSA) is 38.0 Å². The molecule has 0 aliphatic rings. The van der Waals surface area contributed by atoms with Crippen LogP contribution in [0, 0.1) is 11.8 Å². The smallest absolute Gasteiger partial charge is 0.000835 e. The molecule has 2 unspecified atom stereocenters. The van der Waals surface area contributed by atoms with E-state index < -0.39 is 0 Å². The Morgan fingerprint density at radius 1 is 1.23 bits per heavy atom. The van der Waals surface area contributed by atoms with Crippen LogP contribution < -0.4 is 11.1 Å². The highest BCUT2D eigenvalue weighted by atomic mass is 14.9. The minimum Gasteiger partial charge on any atom is -0.330 e. The van der Waals surface area contributed by atoms with Crippen molar-refractivity contribution in [2.45, 2.75) is 40.0 Å². The molecule has 0 saturated carbocycles. The lowest BCUT2D eigenvalue weighted by Gasteiger charge is -2.16. The maximum Gasteiger partial charge on any atom is -0.000835 e. The summed E-state index contributed by atoms with van der Waals surface area (Å²) in [6, 6.07) is 0. The first-order chi connectivity index (χ1) is 6.24. The van der Waals surface area contributed by atoms with E-state index in [1.165, 1.54) is 19.3 Å². The lowest BCUT2D eigenvalue weighted by molar-refractivity contribution is 0.417. The molecule has 0 spiro atoms. The van der Waals surface area contributed by atoms with Crippen LogP contribution in [0.15, 0.2) is 0 Å². The molecule has 0 saturated heterocycles. The van der Waals surface area contributed by atoms with Crippen molar-refractivity contribution in [2.75, 3.05) is 19.6 Å². The van der Waals surface area contributed by atoms with Crippen LogP contribution in [0.5, 0.6) is 0 Å². The second kappa shape index (κ2) is 8.52. The molecule has 0 heterocycles. The highest BCUT2D eigenvalue weighted by Crippen LogP contribution is 2.03. The van der Waals surface area contributed by atoms with Crippen LogP contribution >= 0.6 is 0 Å². The number of rotatable bonds is 8. The lowest BCUT2D eigenvalue weighted by atomic mass is 10.0. The van der Waals surface area contributed by atoms with E-state index in [1.54, 1.807) is 0 Å². The Labute approximate surface area is 83.3 Å². The molecule has 2 nitrogen and oxygen atoms in total. The lowest BCUT2D eigenvalue weighted by Crippen LogP contribution is -2.30. The van der Waals surface area contributed by atoms with Crippen LogP contribution in [0.25, 0.3) is 0 Å². The molecular weight excluding hydrogens is 160 g/mol. The summed E-state index contributed by atoms with van der Waals surface area (Å²) in [6.07, 6.45) is 3.75. The molecule has 0 rings (SSSR count). The number of hydrogen-bond acceptors (Lipinski definition) is 2. The van der Waals surface area contributed by atoms with Gasteiger partial charge in [0.1, 0.15) is 0 Å². The molecule has 3 N–H and O–H groups in total. The first-order valence-corrected chi connectivity index (χ1v) is 5.65. The SMILES string of the molecule is CCCC(CN)CNCC(C)CC. The fourth-order valence-corrected chi connectivity index (χ4v) is 1.39. The average molecular weight is 186 g/mol. The minimum absolute atomic E-state index is 0.675. The molecule has 0 radical (unpaired) electrons. The average Bonchev–Trinajstić information content (AvgIpc) is 2.16. The van der Waals surface area contributed by atoms with Crippen molar-refractivity contribution in [3.05, 3.63) is 0 Å². The fraction of sp³-hybridized carbons (Fsp3) is 1.00. The van der Waals surface area contributed by atoms with Gasteiger partial charge in [0.2, 0.25) is 0 Å². The molecule has 0 aromatic rings. The van der Waals surface area contributed by atoms with E-state index >= 15 is 0 Å². The van der Waals surface area contributed by atoms with Crippen LogP contribution in [0.1, 0.15) is 40.0 Å². The second-order valence-electron chi connectivity index (χ2n) is 4.06. The summed E-state index contributed by atoms with van der Waals surface area (Å²) in [5.74, 6) is 1.47. The van der Waals surface area contributed by atoms with Gasteiger partial charge in [-0.15, -0.1) is 0 Å². The zero-order valence-electron chi connectivity index (χ0n) is 9.47. The third-order valence-electron chi connectivity index (χ3n) is 2.65. The van der Waals surface area contributed by atoms with E-state index in [-0.39, 0.29) is 0 Å². The number of nitrogens with two attached hydrogens (primary N) is 1. The maximum absolute atomic E-state index is 5.67. The molecule has 80 valence electrons. The van der Waals surface area contributed by atoms with Gasteiger partial charge in [0.05, 0.1) is 0 Å². The Morgan fingerprint density at radius 2 is 1.92 bits per heavy atom. The normalized spacial score (nSPS) is 15.7. The molecular formula is C11H26N2. The molecule has 0 amide bonds. The standard InChI is InChI=1S/C11H26N2/c1-4-6-11(7-12)9-13-8-10(3)5-2/h10-11,13H,4-9,12H2,1-3H3. The van der Waals surface area contributed by atoms with Gasteiger partial charge in [-0.25, -0.2) is 0 Å². The zero-order valence-corrected chi connectivity index (χ0v) is 9.47. The highest BCUT2D eigenvalue weighted by molar-refractivity contribution is 4.64. The van der Waals surface area contributed by atoms with Gasteiger partial charge < -0.3 is 11.1 Å². The van der Waals surface area contributed by atoms with Gasteiger partial charge >= 0.3 is 0 Å². The predicted molar refractivity (Wildman–Crippen MR) is 59.8 cm³/mol. The van der Waals surface area contributed by atoms with Crippen LogP contribution in [0.2, 0.25) is 0 Å². The third-order valence-corrected chi connectivity index (χ3v) is 2.65. The van der Waals surface area contributed by atoms with Crippen molar-refractivity contribution in [3.8, 4) is 0 Å². The van der Waals surface area contributed by atoms with E-state index in [0.717, 1.165) is 25.6 Å². The predicted octanol–water partition coefficient (Wildman–Crippen LogP) is 2.00. The van der Waals surface area contributed by atoms with Gasteiger partial charge in [0.15, 0.2) is 0 Å². The van der Waals surface area contributed by atoms with Gasteiger partial charge in [0, 0.05) is 0 Å². The molecule has 13 heavy (non-hydrogen) atoms. The monoisotopic (exact) mass is 186 g/mol. The van der Waals surface area contributed by atoms with Crippen LogP contribution in [0.3, 0.4) is 0 Å². The Kier molecular flexibility index (Phi) is 8.46. The largest absolute Gasteiger partial charge is 0.330 e.